The Balaban J connectivity index is 1.32. The van der Waals surface area contributed by atoms with Gasteiger partial charge < -0.3 is 39.5 Å². The highest BCUT2D eigenvalue weighted by Gasteiger charge is 2.76. The molecule has 366 valence electrons. The Morgan fingerprint density at radius 2 is 1.51 bits per heavy atom. The molecule has 4 aromatic carbocycles. The number of fused-ring (bicyclic) bond motifs is 3. The molecule has 3 N–H and O–H groups in total. The molecule has 17 nitrogen and oxygen atoms in total. The minimum atomic E-state index is -2.09. The van der Waals surface area contributed by atoms with Crippen molar-refractivity contribution in [1.82, 2.24) is 25.1 Å². The van der Waals surface area contributed by atoms with E-state index in [0.29, 0.717) is 41.5 Å². The third-order valence-electron chi connectivity index (χ3n) is 13.8. The molecule has 5 aromatic rings. The summed E-state index contributed by atoms with van der Waals surface area (Å²) in [5.41, 5.74) is 0.602. The number of carbonyl (C=O) groups is 5. The van der Waals surface area contributed by atoms with Crippen LogP contribution >= 0.6 is 0 Å². The van der Waals surface area contributed by atoms with E-state index < -0.39 is 77.3 Å². The van der Waals surface area contributed by atoms with Gasteiger partial charge in [0.1, 0.15) is 36.0 Å². The summed E-state index contributed by atoms with van der Waals surface area (Å²) in [7, 11) is 1.21. The standard InChI is InChI=1S/C54H55N7O10/c1-34(2)43(49(65)69-3)57-53(68)60-41-23-18-35(13-10-11-30-62)33-40(41)54(51(60)67)42(48(64)58-26-28-59(29-27-58)52-55-24-12-25-56-52)45-50(66)71-46(37-16-8-5-9-17-37)44(36-14-6-4-7-15-36)61(45)47(54)38-19-21-39(22-20-38)70-32-31-63/h4-9,12,14-25,33-34,42-47,62-63H,11,26-32H2,1-3H3,(H,57,68). The number of anilines is 2. The predicted octanol–water partition coefficient (Wildman–Crippen LogP) is 4.50. The number of carbonyl (C=O) groups excluding carboxylic acids is 5. The molecule has 0 saturated carbocycles. The SMILES string of the molecule is COC(=O)C(NC(=O)N1C(=O)C2(c3cc(C#CCCO)ccc31)C(C(=O)N1CCN(c3ncccn3)CC1)C1C(=O)OC(c3ccccc3)C(c3ccccc3)N1C2c1ccc(OCCO)cc1)C(C)C. The minimum absolute atomic E-state index is 0.0147. The maximum absolute atomic E-state index is 16.7. The number of nitrogens with zero attached hydrogens (tertiary/aromatic N) is 6. The lowest BCUT2D eigenvalue weighted by Crippen LogP contribution is -2.60. The number of urea groups is 1. The maximum atomic E-state index is 16.7. The third-order valence-corrected chi connectivity index (χ3v) is 13.8. The Hall–Kier alpha value is -7.65. The van der Waals surface area contributed by atoms with Gasteiger partial charge in [-0.05, 0) is 64.6 Å². The molecule has 1 spiro atoms. The van der Waals surface area contributed by atoms with E-state index in [-0.39, 0.29) is 50.6 Å². The summed E-state index contributed by atoms with van der Waals surface area (Å²) in [4.78, 5) is 92.3. The largest absolute Gasteiger partial charge is 0.491 e. The number of ether oxygens (including phenoxy) is 3. The van der Waals surface area contributed by atoms with Crippen molar-refractivity contribution in [2.45, 2.75) is 56.0 Å². The number of methoxy groups -OCH3 is 1. The van der Waals surface area contributed by atoms with Gasteiger partial charge in [0.15, 0.2) is 0 Å². The van der Waals surface area contributed by atoms with E-state index in [0.717, 1.165) is 10.5 Å². The molecular formula is C54H55N7O10. The van der Waals surface area contributed by atoms with Crippen molar-refractivity contribution in [1.29, 1.82) is 0 Å². The number of nitrogens with one attached hydrogen (secondary N) is 1. The van der Waals surface area contributed by atoms with E-state index >= 15 is 19.2 Å². The molecule has 0 bridgehead atoms. The highest BCUT2D eigenvalue weighted by molar-refractivity contribution is 6.25. The average molecular weight is 962 g/mol. The number of aliphatic hydroxyl groups excluding tert-OH is 2. The first-order chi connectivity index (χ1) is 34.5. The van der Waals surface area contributed by atoms with Gasteiger partial charge in [0.05, 0.1) is 44.0 Å². The fraction of sp³-hybridized carbons (Fsp3) is 0.352. The molecule has 3 fully saturated rings. The summed E-state index contributed by atoms with van der Waals surface area (Å²) in [5, 5.41) is 22.1. The van der Waals surface area contributed by atoms with Crippen molar-refractivity contribution in [3.8, 4) is 17.6 Å². The second-order valence-corrected chi connectivity index (χ2v) is 18.1. The number of hydrogen-bond donors (Lipinski definition) is 3. The third kappa shape index (κ3) is 8.83. The molecule has 4 aliphatic rings. The summed E-state index contributed by atoms with van der Waals surface area (Å²) >= 11 is 0. The highest BCUT2D eigenvalue weighted by atomic mass is 16.6. The highest BCUT2D eigenvalue weighted by Crippen LogP contribution is 2.66. The van der Waals surface area contributed by atoms with Gasteiger partial charge >= 0.3 is 18.0 Å². The number of hydrogen-bond acceptors (Lipinski definition) is 14. The van der Waals surface area contributed by atoms with Crippen molar-refractivity contribution in [2.75, 3.05) is 62.9 Å². The Morgan fingerprint density at radius 3 is 2.14 bits per heavy atom. The van der Waals surface area contributed by atoms with E-state index in [9.17, 15) is 15.0 Å². The number of esters is 2. The normalized spacial score (nSPS) is 23.1. The first-order valence-corrected chi connectivity index (χ1v) is 23.7. The molecule has 1 aromatic heterocycles. The zero-order valence-electron chi connectivity index (χ0n) is 39.6. The monoisotopic (exact) mass is 961 g/mol. The second kappa shape index (κ2) is 20.7. The quantitative estimate of drug-likeness (QED) is 0.116. The molecule has 9 rings (SSSR count). The van der Waals surface area contributed by atoms with Gasteiger partial charge in [0, 0.05) is 50.6 Å². The Morgan fingerprint density at radius 1 is 0.831 bits per heavy atom. The van der Waals surface area contributed by atoms with Gasteiger partial charge in [0.2, 0.25) is 17.8 Å². The van der Waals surface area contributed by atoms with Crippen LogP contribution in [0.25, 0.3) is 0 Å². The van der Waals surface area contributed by atoms with Gasteiger partial charge in [-0.2, -0.15) is 0 Å². The molecule has 71 heavy (non-hydrogen) atoms. The smallest absolute Gasteiger partial charge is 0.329 e. The molecule has 17 heteroatoms. The summed E-state index contributed by atoms with van der Waals surface area (Å²) in [6.07, 6.45) is 2.49. The predicted molar refractivity (Wildman–Crippen MR) is 260 cm³/mol. The van der Waals surface area contributed by atoms with Crippen LogP contribution in [0.15, 0.2) is 122 Å². The van der Waals surface area contributed by atoms with Crippen molar-refractivity contribution < 1.29 is 48.4 Å². The minimum Gasteiger partial charge on any atom is -0.491 e. The zero-order valence-corrected chi connectivity index (χ0v) is 39.6. The van der Waals surface area contributed by atoms with E-state index in [2.05, 4.69) is 27.1 Å². The van der Waals surface area contributed by atoms with Crippen LogP contribution in [-0.4, -0.2) is 125 Å². The van der Waals surface area contributed by atoms with Crippen molar-refractivity contribution in [2.24, 2.45) is 11.8 Å². The van der Waals surface area contributed by atoms with E-state index in [1.165, 1.54) is 7.11 Å². The number of benzene rings is 4. The summed E-state index contributed by atoms with van der Waals surface area (Å²) < 4.78 is 17.5. The Kier molecular flexibility index (Phi) is 14.1. The molecule has 3 saturated heterocycles. The zero-order chi connectivity index (χ0) is 49.8. The van der Waals surface area contributed by atoms with Crippen LogP contribution < -0.4 is 19.9 Å². The van der Waals surface area contributed by atoms with E-state index in [4.69, 9.17) is 14.2 Å². The van der Waals surface area contributed by atoms with Crippen molar-refractivity contribution in [3.05, 3.63) is 149 Å². The van der Waals surface area contributed by atoms with E-state index in [1.807, 2.05) is 70.5 Å². The lowest BCUT2D eigenvalue weighted by molar-refractivity contribution is -0.179. The number of cyclic esters (lactones) is 1. The fourth-order valence-electron chi connectivity index (χ4n) is 10.7. The Bertz CT molecular complexity index is 2820. The van der Waals surface area contributed by atoms with Crippen LogP contribution in [0.5, 0.6) is 5.75 Å². The summed E-state index contributed by atoms with van der Waals surface area (Å²) in [6.45, 7) is 4.07. The molecule has 4 amide bonds. The second-order valence-electron chi connectivity index (χ2n) is 18.1. The first-order valence-electron chi connectivity index (χ1n) is 23.7. The molecule has 4 aliphatic heterocycles. The molecule has 7 unspecified atom stereocenters. The molecule has 5 heterocycles. The number of amides is 4. The Labute approximate surface area is 411 Å². The van der Waals surface area contributed by atoms with E-state index in [1.54, 1.807) is 79.7 Å². The van der Waals surface area contributed by atoms with Gasteiger partial charge in [-0.1, -0.05) is 98.5 Å². The number of aliphatic hydroxyl groups is 2. The first kappa shape index (κ1) is 48.4. The topological polar surface area (TPSA) is 204 Å². The molecular weight excluding hydrogens is 907 g/mol. The molecule has 7 atom stereocenters. The summed E-state index contributed by atoms with van der Waals surface area (Å²) in [5.74, 6) is 2.16. The fourth-order valence-corrected chi connectivity index (χ4v) is 10.7. The van der Waals surface area contributed by atoms with Gasteiger partial charge in [-0.25, -0.2) is 24.5 Å². The van der Waals surface area contributed by atoms with Crippen molar-refractivity contribution in [3.63, 3.8) is 0 Å². The number of imide groups is 1. The maximum Gasteiger partial charge on any atom is 0.329 e. The van der Waals surface area contributed by atoms with Crippen LogP contribution in [0.1, 0.15) is 66.3 Å². The van der Waals surface area contributed by atoms with Crippen LogP contribution in [0.3, 0.4) is 0 Å². The molecule has 0 radical (unpaired) electrons. The average Bonchev–Trinajstić information content (AvgIpc) is 3.86. The number of aromatic nitrogens is 2. The van der Waals surface area contributed by atoms with Gasteiger partial charge in [-0.3, -0.25) is 19.3 Å². The lowest BCUT2D eigenvalue weighted by atomic mass is 9.64. The van der Waals surface area contributed by atoms with Gasteiger partial charge in [0.25, 0.3) is 0 Å². The number of morpholine rings is 1. The van der Waals surface area contributed by atoms with Crippen molar-refractivity contribution >= 4 is 41.4 Å². The van der Waals surface area contributed by atoms with Crippen LogP contribution in [-0.2, 0) is 34.1 Å². The lowest BCUT2D eigenvalue weighted by Gasteiger charge is -2.46. The number of rotatable bonds is 12. The molecule has 0 aliphatic carbocycles. The number of piperazine rings is 1. The van der Waals surface area contributed by atoms with Crippen LogP contribution in [0.2, 0.25) is 0 Å². The van der Waals surface area contributed by atoms with Crippen LogP contribution in [0.4, 0.5) is 16.4 Å². The summed E-state index contributed by atoms with van der Waals surface area (Å²) in [6, 6.07) is 26.8. The van der Waals surface area contributed by atoms with Crippen LogP contribution in [0, 0.1) is 23.7 Å². The van der Waals surface area contributed by atoms with Gasteiger partial charge in [-0.15, -0.1) is 0 Å².